The summed E-state index contributed by atoms with van der Waals surface area (Å²) in [6.07, 6.45) is 0. The summed E-state index contributed by atoms with van der Waals surface area (Å²) >= 11 is 0. The summed E-state index contributed by atoms with van der Waals surface area (Å²) in [5.41, 5.74) is 1.87. The average molecular weight is 275 g/mol. The summed E-state index contributed by atoms with van der Waals surface area (Å²) in [5.74, 6) is 2.93. The third-order valence-corrected chi connectivity index (χ3v) is 2.97. The molecule has 2 aromatic rings. The van der Waals surface area contributed by atoms with E-state index < -0.39 is 0 Å². The standard InChI is InChI=1S/C15H21N3O2/c1-10(2)9-16-15-8-13(17-18-15)12-6-5-11(19-3)7-14(12)20-4/h5-8,10H,9H2,1-4H3,(H2,16,17,18). The molecular weight excluding hydrogens is 254 g/mol. The van der Waals surface area contributed by atoms with Gasteiger partial charge in [0.05, 0.1) is 19.9 Å². The van der Waals surface area contributed by atoms with Crippen LogP contribution in [0.25, 0.3) is 11.3 Å². The number of nitrogens with one attached hydrogen (secondary N) is 2. The highest BCUT2D eigenvalue weighted by Crippen LogP contribution is 2.32. The van der Waals surface area contributed by atoms with Crippen LogP contribution < -0.4 is 14.8 Å². The number of benzene rings is 1. The minimum absolute atomic E-state index is 0.575. The largest absolute Gasteiger partial charge is 0.497 e. The fourth-order valence-corrected chi connectivity index (χ4v) is 1.88. The Hall–Kier alpha value is -2.17. The number of aromatic nitrogens is 2. The van der Waals surface area contributed by atoms with Gasteiger partial charge in [0.1, 0.15) is 17.3 Å². The average Bonchev–Trinajstić information content (AvgIpc) is 2.93. The molecule has 2 rings (SSSR count). The second-order valence-electron chi connectivity index (χ2n) is 5.01. The fraction of sp³-hybridized carbons (Fsp3) is 0.400. The second-order valence-corrected chi connectivity index (χ2v) is 5.01. The first kappa shape index (κ1) is 14.2. The van der Waals surface area contributed by atoms with Crippen LogP contribution in [0.1, 0.15) is 13.8 Å². The van der Waals surface area contributed by atoms with E-state index in [1.165, 1.54) is 0 Å². The summed E-state index contributed by atoms with van der Waals surface area (Å²) in [7, 11) is 3.28. The molecule has 0 aliphatic heterocycles. The van der Waals surface area contributed by atoms with Gasteiger partial charge in [0.25, 0.3) is 0 Å². The van der Waals surface area contributed by atoms with Crippen LogP contribution in [0.5, 0.6) is 11.5 Å². The smallest absolute Gasteiger partial charge is 0.148 e. The lowest BCUT2D eigenvalue weighted by Gasteiger charge is -2.08. The van der Waals surface area contributed by atoms with Crippen LogP contribution in [-0.4, -0.2) is 31.0 Å². The molecule has 2 N–H and O–H groups in total. The van der Waals surface area contributed by atoms with Crippen molar-refractivity contribution in [2.45, 2.75) is 13.8 Å². The van der Waals surface area contributed by atoms with Crippen LogP contribution in [0.15, 0.2) is 24.3 Å². The minimum Gasteiger partial charge on any atom is -0.497 e. The molecule has 0 atom stereocenters. The topological polar surface area (TPSA) is 59.2 Å². The molecule has 0 amide bonds. The van der Waals surface area contributed by atoms with Crippen molar-refractivity contribution in [1.82, 2.24) is 10.2 Å². The number of nitrogens with zero attached hydrogens (tertiary/aromatic N) is 1. The third-order valence-electron chi connectivity index (χ3n) is 2.97. The summed E-state index contributed by atoms with van der Waals surface area (Å²) in [6, 6.07) is 7.70. The van der Waals surface area contributed by atoms with Crippen LogP contribution in [-0.2, 0) is 0 Å². The maximum absolute atomic E-state index is 5.40. The predicted octanol–water partition coefficient (Wildman–Crippen LogP) is 3.16. The monoisotopic (exact) mass is 275 g/mol. The van der Waals surface area contributed by atoms with Gasteiger partial charge < -0.3 is 14.8 Å². The molecular formula is C15H21N3O2. The zero-order valence-corrected chi connectivity index (χ0v) is 12.4. The second kappa shape index (κ2) is 6.32. The molecule has 0 bridgehead atoms. The lowest BCUT2D eigenvalue weighted by molar-refractivity contribution is 0.395. The molecule has 108 valence electrons. The maximum Gasteiger partial charge on any atom is 0.148 e. The van der Waals surface area contributed by atoms with Crippen LogP contribution in [0, 0.1) is 5.92 Å². The van der Waals surface area contributed by atoms with Crippen molar-refractivity contribution in [2.24, 2.45) is 5.92 Å². The van der Waals surface area contributed by atoms with Gasteiger partial charge in [0.2, 0.25) is 0 Å². The third kappa shape index (κ3) is 3.23. The zero-order valence-electron chi connectivity index (χ0n) is 12.4. The van der Waals surface area contributed by atoms with E-state index in [-0.39, 0.29) is 0 Å². The van der Waals surface area contributed by atoms with Crippen molar-refractivity contribution in [3.63, 3.8) is 0 Å². The summed E-state index contributed by atoms with van der Waals surface area (Å²) < 4.78 is 10.6. The first-order chi connectivity index (χ1) is 9.63. The molecule has 0 saturated heterocycles. The highest BCUT2D eigenvalue weighted by Gasteiger charge is 2.10. The molecule has 5 heteroatoms. The van der Waals surface area contributed by atoms with Gasteiger partial charge >= 0.3 is 0 Å². The Morgan fingerprint density at radius 2 is 2.00 bits per heavy atom. The Morgan fingerprint density at radius 3 is 2.65 bits per heavy atom. The van der Waals surface area contributed by atoms with Crippen LogP contribution >= 0.6 is 0 Å². The fourth-order valence-electron chi connectivity index (χ4n) is 1.88. The Bertz CT molecular complexity index is 564. The number of hydrogen-bond acceptors (Lipinski definition) is 4. The minimum atomic E-state index is 0.575. The van der Waals surface area contributed by atoms with E-state index in [1.54, 1.807) is 14.2 Å². The maximum atomic E-state index is 5.40. The van der Waals surface area contributed by atoms with Crippen molar-refractivity contribution < 1.29 is 9.47 Å². The quantitative estimate of drug-likeness (QED) is 0.850. The first-order valence-electron chi connectivity index (χ1n) is 6.65. The Kier molecular flexibility index (Phi) is 4.50. The van der Waals surface area contributed by atoms with Gasteiger partial charge in [-0.1, -0.05) is 13.8 Å². The van der Waals surface area contributed by atoms with Gasteiger partial charge in [0, 0.05) is 24.2 Å². The van der Waals surface area contributed by atoms with Gasteiger partial charge in [0.15, 0.2) is 0 Å². The highest BCUT2D eigenvalue weighted by atomic mass is 16.5. The zero-order chi connectivity index (χ0) is 14.5. The van der Waals surface area contributed by atoms with Crippen LogP contribution in [0.3, 0.4) is 0 Å². The molecule has 0 saturated carbocycles. The molecule has 1 heterocycles. The molecule has 5 nitrogen and oxygen atoms in total. The summed E-state index contributed by atoms with van der Waals surface area (Å²) in [4.78, 5) is 0. The number of H-pyrrole nitrogens is 1. The van der Waals surface area contributed by atoms with Gasteiger partial charge in [-0.2, -0.15) is 5.10 Å². The molecule has 0 unspecified atom stereocenters. The van der Waals surface area contributed by atoms with Gasteiger partial charge in [-0.15, -0.1) is 0 Å². The molecule has 0 fully saturated rings. The van der Waals surface area contributed by atoms with Crippen molar-refractivity contribution in [3.05, 3.63) is 24.3 Å². The van der Waals surface area contributed by atoms with E-state index in [4.69, 9.17) is 9.47 Å². The molecule has 20 heavy (non-hydrogen) atoms. The molecule has 0 radical (unpaired) electrons. The molecule has 1 aromatic heterocycles. The number of anilines is 1. The number of aromatic amines is 1. The Balaban J connectivity index is 2.23. The van der Waals surface area contributed by atoms with Crippen LogP contribution in [0.4, 0.5) is 5.82 Å². The lowest BCUT2D eigenvalue weighted by Crippen LogP contribution is -2.07. The van der Waals surface area contributed by atoms with Gasteiger partial charge in [-0.05, 0) is 18.1 Å². The number of ether oxygens (including phenoxy) is 2. The lowest BCUT2D eigenvalue weighted by atomic mass is 10.1. The number of hydrogen-bond donors (Lipinski definition) is 2. The predicted molar refractivity (Wildman–Crippen MR) is 80.5 cm³/mol. The van der Waals surface area contributed by atoms with E-state index in [1.807, 2.05) is 24.3 Å². The van der Waals surface area contributed by atoms with Crippen LogP contribution in [0.2, 0.25) is 0 Å². The van der Waals surface area contributed by atoms with E-state index in [2.05, 4.69) is 29.4 Å². The Morgan fingerprint density at radius 1 is 1.20 bits per heavy atom. The highest BCUT2D eigenvalue weighted by molar-refractivity contribution is 5.70. The van der Waals surface area contributed by atoms with Gasteiger partial charge in [-0.3, -0.25) is 5.10 Å². The van der Waals surface area contributed by atoms with Crippen molar-refractivity contribution in [2.75, 3.05) is 26.1 Å². The number of rotatable bonds is 6. The summed E-state index contributed by atoms with van der Waals surface area (Å²) in [6.45, 7) is 5.21. The van der Waals surface area contributed by atoms with E-state index in [9.17, 15) is 0 Å². The number of methoxy groups -OCH3 is 2. The Labute approximate surface area is 119 Å². The SMILES string of the molecule is COc1ccc(-c2cc(NCC(C)C)n[nH]2)c(OC)c1. The molecule has 0 aliphatic carbocycles. The first-order valence-corrected chi connectivity index (χ1v) is 6.65. The molecule has 0 spiro atoms. The normalized spacial score (nSPS) is 10.7. The summed E-state index contributed by atoms with van der Waals surface area (Å²) in [5, 5.41) is 10.6. The van der Waals surface area contributed by atoms with E-state index in [0.29, 0.717) is 5.92 Å². The molecule has 1 aromatic carbocycles. The van der Waals surface area contributed by atoms with Crippen molar-refractivity contribution >= 4 is 5.82 Å². The molecule has 0 aliphatic rings. The van der Waals surface area contributed by atoms with E-state index >= 15 is 0 Å². The van der Waals surface area contributed by atoms with Gasteiger partial charge in [-0.25, -0.2) is 0 Å². The van der Waals surface area contributed by atoms with E-state index in [0.717, 1.165) is 35.1 Å². The van der Waals surface area contributed by atoms with Crippen molar-refractivity contribution in [1.29, 1.82) is 0 Å². The van der Waals surface area contributed by atoms with Crippen molar-refractivity contribution in [3.8, 4) is 22.8 Å².